The molecule has 1 unspecified atom stereocenters. The van der Waals surface area contributed by atoms with Crippen LogP contribution in [-0.4, -0.2) is 45.5 Å². The van der Waals surface area contributed by atoms with Gasteiger partial charge in [0.15, 0.2) is 11.5 Å². The molecule has 0 saturated carbocycles. The standard InChI is InChI=1S/C21H23N3O5/c1-22-21(27)15-6-4-5-7-16(15)23-20(26)13-10-19(25)24(12-13)14-8-9-17(28-2)18(11-14)29-3/h4-9,11,13H,10,12H2,1-3H3,(H,22,27)(H,23,26). The summed E-state index contributed by atoms with van der Waals surface area (Å²) in [4.78, 5) is 38.8. The van der Waals surface area contributed by atoms with Gasteiger partial charge in [-0.1, -0.05) is 12.1 Å². The summed E-state index contributed by atoms with van der Waals surface area (Å²) >= 11 is 0. The Morgan fingerprint density at radius 3 is 2.48 bits per heavy atom. The molecular formula is C21H23N3O5. The lowest BCUT2D eigenvalue weighted by atomic mass is 10.1. The molecule has 2 aromatic carbocycles. The van der Waals surface area contributed by atoms with Crippen molar-refractivity contribution in [3.05, 3.63) is 48.0 Å². The zero-order valence-corrected chi connectivity index (χ0v) is 16.5. The monoisotopic (exact) mass is 397 g/mol. The van der Waals surface area contributed by atoms with Crippen LogP contribution in [0.1, 0.15) is 16.8 Å². The number of hydrogen-bond donors (Lipinski definition) is 2. The number of rotatable bonds is 6. The highest BCUT2D eigenvalue weighted by atomic mass is 16.5. The molecule has 1 atom stereocenters. The van der Waals surface area contributed by atoms with E-state index >= 15 is 0 Å². The molecule has 0 aliphatic carbocycles. The third-order valence-corrected chi connectivity index (χ3v) is 4.83. The number of para-hydroxylation sites is 1. The summed E-state index contributed by atoms with van der Waals surface area (Å²) in [6.45, 7) is 0.238. The molecule has 1 aliphatic rings. The van der Waals surface area contributed by atoms with Crippen LogP contribution in [0.2, 0.25) is 0 Å². The Labute approximate surface area is 168 Å². The molecular weight excluding hydrogens is 374 g/mol. The van der Waals surface area contributed by atoms with Crippen LogP contribution in [-0.2, 0) is 9.59 Å². The molecule has 0 bridgehead atoms. The van der Waals surface area contributed by atoms with E-state index in [0.717, 1.165) is 0 Å². The Morgan fingerprint density at radius 1 is 1.07 bits per heavy atom. The molecule has 0 aromatic heterocycles. The normalized spacial score (nSPS) is 15.8. The van der Waals surface area contributed by atoms with E-state index in [2.05, 4.69) is 10.6 Å². The van der Waals surface area contributed by atoms with Gasteiger partial charge in [0.25, 0.3) is 5.91 Å². The van der Waals surface area contributed by atoms with Crippen molar-refractivity contribution in [3.8, 4) is 11.5 Å². The Morgan fingerprint density at radius 2 is 1.79 bits per heavy atom. The minimum atomic E-state index is -0.534. The minimum Gasteiger partial charge on any atom is -0.493 e. The third-order valence-electron chi connectivity index (χ3n) is 4.83. The first-order valence-corrected chi connectivity index (χ1v) is 9.12. The summed E-state index contributed by atoms with van der Waals surface area (Å²) in [7, 11) is 4.58. The van der Waals surface area contributed by atoms with Gasteiger partial charge in [-0.2, -0.15) is 0 Å². The van der Waals surface area contributed by atoms with Gasteiger partial charge < -0.3 is 25.0 Å². The molecule has 1 fully saturated rings. The van der Waals surface area contributed by atoms with Gasteiger partial charge in [0.2, 0.25) is 11.8 Å². The van der Waals surface area contributed by atoms with Crippen LogP contribution < -0.4 is 25.0 Å². The summed E-state index contributed by atoms with van der Waals surface area (Å²) < 4.78 is 10.5. The summed E-state index contributed by atoms with van der Waals surface area (Å²) in [6.07, 6.45) is 0.0856. The van der Waals surface area contributed by atoms with Crippen LogP contribution in [0.5, 0.6) is 11.5 Å². The Hall–Kier alpha value is -3.55. The van der Waals surface area contributed by atoms with Crippen LogP contribution >= 0.6 is 0 Å². The second kappa shape index (κ2) is 8.64. The average molecular weight is 397 g/mol. The van der Waals surface area contributed by atoms with Crippen molar-refractivity contribution in [1.29, 1.82) is 0 Å². The van der Waals surface area contributed by atoms with E-state index in [1.54, 1.807) is 47.4 Å². The number of carbonyl (C=O) groups excluding carboxylic acids is 3. The molecule has 1 heterocycles. The topological polar surface area (TPSA) is 97.0 Å². The van der Waals surface area contributed by atoms with E-state index in [-0.39, 0.29) is 30.7 Å². The molecule has 1 saturated heterocycles. The maximum absolute atomic E-state index is 12.8. The highest BCUT2D eigenvalue weighted by Gasteiger charge is 2.35. The van der Waals surface area contributed by atoms with Crippen molar-refractivity contribution < 1.29 is 23.9 Å². The molecule has 8 heteroatoms. The third kappa shape index (κ3) is 4.16. The van der Waals surface area contributed by atoms with Gasteiger partial charge in [0.1, 0.15) is 0 Å². The van der Waals surface area contributed by atoms with Gasteiger partial charge in [0.05, 0.1) is 31.4 Å². The zero-order chi connectivity index (χ0) is 21.0. The zero-order valence-electron chi connectivity index (χ0n) is 16.5. The van der Waals surface area contributed by atoms with E-state index in [0.29, 0.717) is 28.4 Å². The van der Waals surface area contributed by atoms with Gasteiger partial charge in [0, 0.05) is 31.8 Å². The van der Waals surface area contributed by atoms with Crippen LogP contribution in [0, 0.1) is 5.92 Å². The van der Waals surface area contributed by atoms with Crippen molar-refractivity contribution >= 4 is 29.1 Å². The van der Waals surface area contributed by atoms with Crippen LogP contribution in [0.3, 0.4) is 0 Å². The quantitative estimate of drug-likeness (QED) is 0.778. The fraction of sp³-hybridized carbons (Fsp3) is 0.286. The number of benzene rings is 2. The number of nitrogens with zero attached hydrogens (tertiary/aromatic N) is 1. The minimum absolute atomic E-state index is 0.0856. The van der Waals surface area contributed by atoms with Crippen molar-refractivity contribution in [2.45, 2.75) is 6.42 Å². The van der Waals surface area contributed by atoms with E-state index in [1.807, 2.05) is 0 Å². The predicted octanol–water partition coefficient (Wildman–Crippen LogP) is 2.05. The van der Waals surface area contributed by atoms with Gasteiger partial charge >= 0.3 is 0 Å². The maximum atomic E-state index is 12.8. The maximum Gasteiger partial charge on any atom is 0.253 e. The molecule has 2 aromatic rings. The molecule has 0 radical (unpaired) electrons. The number of carbonyl (C=O) groups is 3. The average Bonchev–Trinajstić information content (AvgIpc) is 3.14. The Bertz CT molecular complexity index is 944. The second-order valence-corrected chi connectivity index (χ2v) is 6.56. The molecule has 3 amide bonds. The number of nitrogens with one attached hydrogen (secondary N) is 2. The van der Waals surface area contributed by atoms with E-state index in [9.17, 15) is 14.4 Å². The first kappa shape index (κ1) is 20.2. The number of ether oxygens (including phenoxy) is 2. The number of anilines is 2. The van der Waals surface area contributed by atoms with Crippen molar-refractivity contribution in [3.63, 3.8) is 0 Å². The summed E-state index contributed by atoms with van der Waals surface area (Å²) in [6, 6.07) is 11.9. The predicted molar refractivity (Wildman–Crippen MR) is 108 cm³/mol. The van der Waals surface area contributed by atoms with E-state index in [1.165, 1.54) is 21.3 Å². The lowest BCUT2D eigenvalue weighted by Gasteiger charge is -2.19. The number of amides is 3. The molecule has 29 heavy (non-hydrogen) atoms. The second-order valence-electron chi connectivity index (χ2n) is 6.56. The van der Waals surface area contributed by atoms with Crippen molar-refractivity contribution in [2.75, 3.05) is 38.0 Å². The summed E-state index contributed by atoms with van der Waals surface area (Å²) in [5.41, 5.74) is 1.41. The van der Waals surface area contributed by atoms with Gasteiger partial charge in [-0.05, 0) is 24.3 Å². The first-order valence-electron chi connectivity index (χ1n) is 9.12. The molecule has 152 valence electrons. The van der Waals surface area contributed by atoms with Crippen LogP contribution in [0.4, 0.5) is 11.4 Å². The molecule has 3 rings (SSSR count). The number of methoxy groups -OCH3 is 2. The molecule has 0 spiro atoms. The number of hydrogen-bond acceptors (Lipinski definition) is 5. The fourth-order valence-corrected chi connectivity index (χ4v) is 3.29. The Kier molecular flexibility index (Phi) is 6.01. The SMILES string of the molecule is CNC(=O)c1ccccc1NC(=O)C1CC(=O)N(c2ccc(OC)c(OC)c2)C1. The van der Waals surface area contributed by atoms with Gasteiger partial charge in [-0.3, -0.25) is 14.4 Å². The smallest absolute Gasteiger partial charge is 0.253 e. The lowest BCUT2D eigenvalue weighted by molar-refractivity contribution is -0.122. The summed E-state index contributed by atoms with van der Waals surface area (Å²) in [5, 5.41) is 5.32. The summed E-state index contributed by atoms with van der Waals surface area (Å²) in [5.74, 6) is -0.230. The van der Waals surface area contributed by atoms with Crippen LogP contribution in [0.25, 0.3) is 0 Å². The van der Waals surface area contributed by atoms with Crippen molar-refractivity contribution in [2.24, 2.45) is 5.92 Å². The largest absolute Gasteiger partial charge is 0.493 e. The van der Waals surface area contributed by atoms with Crippen LogP contribution in [0.15, 0.2) is 42.5 Å². The first-order chi connectivity index (χ1) is 14.0. The molecule has 1 aliphatic heterocycles. The molecule has 8 nitrogen and oxygen atoms in total. The highest BCUT2D eigenvalue weighted by Crippen LogP contribution is 2.34. The van der Waals surface area contributed by atoms with Gasteiger partial charge in [-0.25, -0.2) is 0 Å². The lowest BCUT2D eigenvalue weighted by Crippen LogP contribution is -2.29. The fourth-order valence-electron chi connectivity index (χ4n) is 3.29. The van der Waals surface area contributed by atoms with E-state index in [4.69, 9.17) is 9.47 Å². The van der Waals surface area contributed by atoms with E-state index < -0.39 is 5.92 Å². The molecule has 2 N–H and O–H groups in total. The van der Waals surface area contributed by atoms with Crippen molar-refractivity contribution in [1.82, 2.24) is 5.32 Å². The Balaban J connectivity index is 1.75. The van der Waals surface area contributed by atoms with Gasteiger partial charge in [-0.15, -0.1) is 0 Å². The highest BCUT2D eigenvalue weighted by molar-refractivity contribution is 6.07.